The van der Waals surface area contributed by atoms with Crippen LogP contribution in [-0.2, 0) is 0 Å². The molecule has 0 aliphatic rings. The van der Waals surface area contributed by atoms with Crippen molar-refractivity contribution >= 4 is 5.95 Å². The molecule has 0 radical (unpaired) electrons. The van der Waals surface area contributed by atoms with Crippen LogP contribution in [0.15, 0.2) is 30.7 Å². The molecule has 0 aromatic carbocycles. The van der Waals surface area contributed by atoms with E-state index in [-0.39, 0.29) is 0 Å². The van der Waals surface area contributed by atoms with Crippen LogP contribution in [0, 0.1) is 0 Å². The SMILES string of the molecule is CN(C)c1nccc(-c2ncccn2)n1. The highest BCUT2D eigenvalue weighted by Gasteiger charge is 2.04. The minimum absolute atomic E-state index is 0.614. The first-order chi connectivity index (χ1) is 7.27. The number of rotatable bonds is 2. The fraction of sp³-hybridized carbons (Fsp3) is 0.200. The average molecular weight is 201 g/mol. The van der Waals surface area contributed by atoms with Crippen LogP contribution in [0.3, 0.4) is 0 Å². The Morgan fingerprint density at radius 2 is 1.73 bits per heavy atom. The van der Waals surface area contributed by atoms with Gasteiger partial charge in [0.05, 0.1) is 0 Å². The molecule has 15 heavy (non-hydrogen) atoms. The van der Waals surface area contributed by atoms with Gasteiger partial charge in [-0.2, -0.15) is 0 Å². The van der Waals surface area contributed by atoms with Crippen molar-refractivity contribution in [3.05, 3.63) is 30.7 Å². The quantitative estimate of drug-likeness (QED) is 0.725. The van der Waals surface area contributed by atoms with E-state index in [2.05, 4.69) is 19.9 Å². The van der Waals surface area contributed by atoms with Crippen molar-refractivity contribution in [2.45, 2.75) is 0 Å². The zero-order chi connectivity index (χ0) is 10.7. The Bertz CT molecular complexity index is 441. The molecule has 0 aliphatic heterocycles. The molecule has 2 aromatic heterocycles. The van der Waals surface area contributed by atoms with Gasteiger partial charge in [0.1, 0.15) is 5.69 Å². The predicted molar refractivity (Wildman–Crippen MR) is 57.4 cm³/mol. The van der Waals surface area contributed by atoms with Gasteiger partial charge in [-0.05, 0) is 12.1 Å². The van der Waals surface area contributed by atoms with Crippen LogP contribution in [-0.4, -0.2) is 34.0 Å². The van der Waals surface area contributed by atoms with Gasteiger partial charge in [-0.15, -0.1) is 0 Å². The molecule has 0 saturated heterocycles. The van der Waals surface area contributed by atoms with Crippen LogP contribution >= 0.6 is 0 Å². The third-order valence-corrected chi connectivity index (χ3v) is 1.84. The maximum absolute atomic E-state index is 4.33. The summed E-state index contributed by atoms with van der Waals surface area (Å²) in [5.41, 5.74) is 0.731. The zero-order valence-corrected chi connectivity index (χ0v) is 8.62. The number of hydrogen-bond donors (Lipinski definition) is 0. The monoisotopic (exact) mass is 201 g/mol. The molecule has 5 heteroatoms. The molecule has 2 heterocycles. The molecule has 0 bridgehead atoms. The van der Waals surface area contributed by atoms with E-state index in [1.807, 2.05) is 19.0 Å². The fourth-order valence-electron chi connectivity index (χ4n) is 1.12. The van der Waals surface area contributed by atoms with Crippen molar-refractivity contribution in [3.8, 4) is 11.5 Å². The van der Waals surface area contributed by atoms with Gasteiger partial charge in [-0.25, -0.2) is 19.9 Å². The Balaban J connectivity index is 2.42. The summed E-state index contributed by atoms with van der Waals surface area (Å²) in [7, 11) is 3.79. The predicted octanol–water partition coefficient (Wildman–Crippen LogP) is 1.000. The highest BCUT2D eigenvalue weighted by Crippen LogP contribution is 2.12. The van der Waals surface area contributed by atoms with E-state index in [0.29, 0.717) is 11.8 Å². The summed E-state index contributed by atoms with van der Waals surface area (Å²) < 4.78 is 0. The van der Waals surface area contributed by atoms with Gasteiger partial charge < -0.3 is 4.90 Å². The first-order valence-corrected chi connectivity index (χ1v) is 4.55. The fourth-order valence-corrected chi connectivity index (χ4v) is 1.12. The van der Waals surface area contributed by atoms with Crippen molar-refractivity contribution < 1.29 is 0 Å². The van der Waals surface area contributed by atoms with Gasteiger partial charge in [-0.3, -0.25) is 0 Å². The minimum Gasteiger partial charge on any atom is -0.347 e. The lowest BCUT2D eigenvalue weighted by molar-refractivity contribution is 0.992. The van der Waals surface area contributed by atoms with Crippen molar-refractivity contribution in [1.82, 2.24) is 19.9 Å². The van der Waals surface area contributed by atoms with Gasteiger partial charge in [-0.1, -0.05) is 0 Å². The molecule has 2 aromatic rings. The molecule has 0 aliphatic carbocycles. The topological polar surface area (TPSA) is 54.8 Å². The lowest BCUT2D eigenvalue weighted by Crippen LogP contribution is -2.12. The van der Waals surface area contributed by atoms with E-state index in [4.69, 9.17) is 0 Å². The summed E-state index contributed by atoms with van der Waals surface area (Å²) in [4.78, 5) is 18.6. The van der Waals surface area contributed by atoms with E-state index >= 15 is 0 Å². The lowest BCUT2D eigenvalue weighted by Gasteiger charge is -2.09. The molecular weight excluding hydrogens is 190 g/mol. The first kappa shape index (κ1) is 9.51. The maximum Gasteiger partial charge on any atom is 0.225 e. The van der Waals surface area contributed by atoms with Crippen LogP contribution < -0.4 is 4.90 Å². The van der Waals surface area contributed by atoms with E-state index < -0.39 is 0 Å². The molecule has 0 N–H and O–H groups in total. The second-order valence-corrected chi connectivity index (χ2v) is 3.21. The average Bonchev–Trinajstić information content (AvgIpc) is 2.30. The van der Waals surface area contributed by atoms with E-state index in [1.165, 1.54) is 0 Å². The Kier molecular flexibility index (Phi) is 2.53. The lowest BCUT2D eigenvalue weighted by atomic mass is 10.4. The molecule has 0 amide bonds. The Morgan fingerprint density at radius 1 is 1.00 bits per heavy atom. The van der Waals surface area contributed by atoms with E-state index in [9.17, 15) is 0 Å². The number of hydrogen-bond acceptors (Lipinski definition) is 5. The summed E-state index contributed by atoms with van der Waals surface area (Å²) in [6.07, 6.45) is 5.09. The zero-order valence-electron chi connectivity index (χ0n) is 8.62. The van der Waals surface area contributed by atoms with Crippen LogP contribution in [0.25, 0.3) is 11.5 Å². The van der Waals surface area contributed by atoms with Crippen LogP contribution in [0.4, 0.5) is 5.95 Å². The van der Waals surface area contributed by atoms with E-state index in [0.717, 1.165) is 5.69 Å². The molecule has 0 atom stereocenters. The summed E-state index contributed by atoms with van der Waals surface area (Å²) in [5.74, 6) is 1.27. The molecule has 0 spiro atoms. The maximum atomic E-state index is 4.33. The Morgan fingerprint density at radius 3 is 2.40 bits per heavy atom. The van der Waals surface area contributed by atoms with Crippen LogP contribution in [0.1, 0.15) is 0 Å². The third kappa shape index (κ3) is 2.07. The van der Waals surface area contributed by atoms with Gasteiger partial charge in [0.15, 0.2) is 5.82 Å². The van der Waals surface area contributed by atoms with Crippen molar-refractivity contribution in [2.24, 2.45) is 0 Å². The number of aromatic nitrogens is 4. The van der Waals surface area contributed by atoms with Crippen molar-refractivity contribution in [2.75, 3.05) is 19.0 Å². The van der Waals surface area contributed by atoms with Gasteiger partial charge >= 0.3 is 0 Å². The highest BCUT2D eigenvalue weighted by atomic mass is 15.2. The van der Waals surface area contributed by atoms with Crippen LogP contribution in [0.2, 0.25) is 0 Å². The number of nitrogens with zero attached hydrogens (tertiary/aromatic N) is 5. The molecule has 5 nitrogen and oxygen atoms in total. The highest BCUT2D eigenvalue weighted by molar-refractivity contribution is 5.50. The molecular formula is C10H11N5. The summed E-state index contributed by atoms with van der Waals surface area (Å²) in [6, 6.07) is 3.57. The van der Waals surface area contributed by atoms with Crippen molar-refractivity contribution in [3.63, 3.8) is 0 Å². The Labute approximate surface area is 87.9 Å². The van der Waals surface area contributed by atoms with Crippen molar-refractivity contribution in [1.29, 1.82) is 0 Å². The summed E-state index contributed by atoms with van der Waals surface area (Å²) in [6.45, 7) is 0. The standard InChI is InChI=1S/C10H11N5/c1-15(2)10-13-7-4-8(14-10)9-11-5-3-6-12-9/h3-7H,1-2H3. The molecule has 0 unspecified atom stereocenters. The van der Waals surface area contributed by atoms with E-state index in [1.54, 1.807) is 30.7 Å². The Hall–Kier alpha value is -2.04. The normalized spacial score (nSPS) is 10.0. The van der Waals surface area contributed by atoms with Gasteiger partial charge in [0.2, 0.25) is 5.95 Å². The second-order valence-electron chi connectivity index (χ2n) is 3.21. The molecule has 0 fully saturated rings. The largest absolute Gasteiger partial charge is 0.347 e. The smallest absolute Gasteiger partial charge is 0.225 e. The van der Waals surface area contributed by atoms with Gasteiger partial charge in [0, 0.05) is 32.7 Å². The third-order valence-electron chi connectivity index (χ3n) is 1.84. The first-order valence-electron chi connectivity index (χ1n) is 4.55. The molecule has 0 saturated carbocycles. The molecule has 2 rings (SSSR count). The van der Waals surface area contributed by atoms with Crippen LogP contribution in [0.5, 0.6) is 0 Å². The minimum atomic E-state index is 0.614. The second kappa shape index (κ2) is 4.00. The van der Waals surface area contributed by atoms with Gasteiger partial charge in [0.25, 0.3) is 0 Å². The molecule has 76 valence electrons. The summed E-state index contributed by atoms with van der Waals surface area (Å²) >= 11 is 0. The summed E-state index contributed by atoms with van der Waals surface area (Å²) in [5, 5.41) is 0. The number of anilines is 1.